The van der Waals surface area contributed by atoms with Crippen LogP contribution in [0, 0.1) is 13.8 Å². The van der Waals surface area contributed by atoms with Crippen LogP contribution in [0.4, 0.5) is 0 Å². The molecular formula is C17H18ClN3. The van der Waals surface area contributed by atoms with Gasteiger partial charge in [-0.1, -0.05) is 18.2 Å². The summed E-state index contributed by atoms with van der Waals surface area (Å²) in [5.41, 5.74) is 5.68. The number of aromatic nitrogens is 3. The number of hydrogen-bond donors (Lipinski definition) is 0. The first kappa shape index (κ1) is 14.1. The highest BCUT2D eigenvalue weighted by Crippen LogP contribution is 2.22. The van der Waals surface area contributed by atoms with Crippen molar-refractivity contribution in [2.24, 2.45) is 0 Å². The van der Waals surface area contributed by atoms with Gasteiger partial charge in [-0.25, -0.2) is 4.98 Å². The fourth-order valence-electron chi connectivity index (χ4n) is 2.63. The van der Waals surface area contributed by atoms with Crippen LogP contribution in [0.5, 0.6) is 0 Å². The first-order valence-corrected chi connectivity index (χ1v) is 7.64. The van der Waals surface area contributed by atoms with Gasteiger partial charge in [0.2, 0.25) is 0 Å². The van der Waals surface area contributed by atoms with Crippen molar-refractivity contribution in [1.29, 1.82) is 0 Å². The van der Waals surface area contributed by atoms with Crippen molar-refractivity contribution in [3.05, 3.63) is 59.2 Å². The minimum Gasteiger partial charge on any atom is -0.323 e. The number of fused-ring (bicyclic) bond motifs is 1. The molecule has 108 valence electrons. The van der Waals surface area contributed by atoms with E-state index in [2.05, 4.69) is 34.7 Å². The molecule has 4 heteroatoms. The van der Waals surface area contributed by atoms with Crippen LogP contribution in [0.2, 0.25) is 0 Å². The van der Waals surface area contributed by atoms with Crippen LogP contribution in [0.3, 0.4) is 0 Å². The number of para-hydroxylation sites is 1. The van der Waals surface area contributed by atoms with Gasteiger partial charge >= 0.3 is 0 Å². The van der Waals surface area contributed by atoms with Crippen LogP contribution in [-0.4, -0.2) is 20.4 Å². The molecule has 0 unspecified atom stereocenters. The Morgan fingerprint density at radius 3 is 2.71 bits per heavy atom. The Labute approximate surface area is 129 Å². The summed E-state index contributed by atoms with van der Waals surface area (Å²) in [7, 11) is 0. The summed E-state index contributed by atoms with van der Waals surface area (Å²) < 4.78 is 2.26. The van der Waals surface area contributed by atoms with Crippen LogP contribution >= 0.6 is 11.6 Å². The molecule has 2 heterocycles. The molecule has 0 aliphatic heterocycles. The number of pyridine rings is 1. The standard InChI is InChI=1S/C17H18ClN3/c1-12-4-3-5-15-17(12)21(16(20-15)8-9-18)11-14-7-6-13(2)19-10-14/h3-7,10H,8-9,11H2,1-2H3. The fraction of sp³-hybridized carbons (Fsp3) is 0.294. The summed E-state index contributed by atoms with van der Waals surface area (Å²) in [6.07, 6.45) is 2.71. The van der Waals surface area contributed by atoms with Gasteiger partial charge in [0.1, 0.15) is 5.82 Å². The normalized spacial score (nSPS) is 11.2. The SMILES string of the molecule is Cc1ccc(Cn2c(CCCl)nc3cccc(C)c32)cn1. The van der Waals surface area contributed by atoms with E-state index in [1.165, 1.54) is 16.6 Å². The number of alkyl halides is 1. The maximum atomic E-state index is 5.93. The monoisotopic (exact) mass is 299 g/mol. The Hall–Kier alpha value is -1.87. The molecule has 0 bridgehead atoms. The van der Waals surface area contributed by atoms with E-state index in [9.17, 15) is 0 Å². The highest BCUT2D eigenvalue weighted by molar-refractivity contribution is 6.17. The van der Waals surface area contributed by atoms with Crippen LogP contribution in [0.15, 0.2) is 36.5 Å². The largest absolute Gasteiger partial charge is 0.323 e. The average Bonchev–Trinajstić information content (AvgIpc) is 2.81. The van der Waals surface area contributed by atoms with E-state index < -0.39 is 0 Å². The molecule has 0 atom stereocenters. The summed E-state index contributed by atoms with van der Waals surface area (Å²) in [6.45, 7) is 4.90. The zero-order valence-electron chi connectivity index (χ0n) is 12.3. The maximum Gasteiger partial charge on any atom is 0.111 e. The van der Waals surface area contributed by atoms with Crippen molar-refractivity contribution in [2.45, 2.75) is 26.8 Å². The molecule has 0 saturated carbocycles. The second-order valence-electron chi connectivity index (χ2n) is 5.30. The lowest BCUT2D eigenvalue weighted by Gasteiger charge is -2.10. The van der Waals surface area contributed by atoms with E-state index in [1.54, 1.807) is 0 Å². The first-order chi connectivity index (χ1) is 10.2. The predicted octanol–water partition coefficient (Wildman–Crippen LogP) is 3.88. The molecule has 0 spiro atoms. The molecule has 0 aliphatic rings. The molecule has 1 aromatic carbocycles. The van der Waals surface area contributed by atoms with E-state index in [-0.39, 0.29) is 0 Å². The molecule has 3 rings (SSSR count). The maximum absolute atomic E-state index is 5.93. The molecule has 0 amide bonds. The van der Waals surface area contributed by atoms with Gasteiger partial charge in [0.25, 0.3) is 0 Å². The third-order valence-corrected chi connectivity index (χ3v) is 3.87. The molecule has 2 aromatic heterocycles. The summed E-state index contributed by atoms with van der Waals surface area (Å²) >= 11 is 5.93. The van der Waals surface area contributed by atoms with Crippen LogP contribution in [0.1, 0.15) is 22.6 Å². The lowest BCUT2D eigenvalue weighted by atomic mass is 10.2. The van der Waals surface area contributed by atoms with Gasteiger partial charge in [-0.3, -0.25) is 4.98 Å². The Morgan fingerprint density at radius 1 is 1.14 bits per heavy atom. The molecule has 3 nitrogen and oxygen atoms in total. The second kappa shape index (κ2) is 5.86. The second-order valence-corrected chi connectivity index (χ2v) is 5.68. The molecule has 0 saturated heterocycles. The van der Waals surface area contributed by atoms with Gasteiger partial charge in [-0.2, -0.15) is 0 Å². The Kier molecular flexibility index (Phi) is 3.93. The van der Waals surface area contributed by atoms with Crippen molar-refractivity contribution in [3.63, 3.8) is 0 Å². The zero-order chi connectivity index (χ0) is 14.8. The van der Waals surface area contributed by atoms with Gasteiger partial charge < -0.3 is 4.57 Å². The third kappa shape index (κ3) is 2.79. The number of benzene rings is 1. The smallest absolute Gasteiger partial charge is 0.111 e. The lowest BCUT2D eigenvalue weighted by molar-refractivity contribution is 0.750. The van der Waals surface area contributed by atoms with Gasteiger partial charge in [0, 0.05) is 24.2 Å². The molecule has 0 N–H and O–H groups in total. The van der Waals surface area contributed by atoms with Gasteiger partial charge in [0.15, 0.2) is 0 Å². The number of rotatable bonds is 4. The van der Waals surface area contributed by atoms with E-state index in [0.29, 0.717) is 5.88 Å². The van der Waals surface area contributed by atoms with Gasteiger partial charge in [0.05, 0.1) is 17.6 Å². The quantitative estimate of drug-likeness (QED) is 0.685. The summed E-state index contributed by atoms with van der Waals surface area (Å²) in [5.74, 6) is 1.61. The fourth-order valence-corrected chi connectivity index (χ4v) is 2.80. The minimum absolute atomic E-state index is 0.578. The highest BCUT2D eigenvalue weighted by atomic mass is 35.5. The summed E-state index contributed by atoms with van der Waals surface area (Å²) in [5, 5.41) is 0. The Balaban J connectivity index is 2.10. The third-order valence-electron chi connectivity index (χ3n) is 3.68. The minimum atomic E-state index is 0.578. The first-order valence-electron chi connectivity index (χ1n) is 7.11. The van der Waals surface area contributed by atoms with Crippen molar-refractivity contribution >= 4 is 22.6 Å². The van der Waals surface area contributed by atoms with Crippen molar-refractivity contribution < 1.29 is 0 Å². The summed E-state index contributed by atoms with van der Waals surface area (Å²) in [6, 6.07) is 10.4. The van der Waals surface area contributed by atoms with Crippen molar-refractivity contribution in [1.82, 2.24) is 14.5 Å². The summed E-state index contributed by atoms with van der Waals surface area (Å²) in [4.78, 5) is 9.11. The van der Waals surface area contributed by atoms with E-state index in [1.807, 2.05) is 25.3 Å². The molecular weight excluding hydrogens is 282 g/mol. The zero-order valence-corrected chi connectivity index (χ0v) is 13.1. The van der Waals surface area contributed by atoms with E-state index in [4.69, 9.17) is 16.6 Å². The molecule has 0 fully saturated rings. The molecule has 0 aliphatic carbocycles. The number of halogens is 1. The average molecular weight is 300 g/mol. The number of imidazole rings is 1. The van der Waals surface area contributed by atoms with Crippen LogP contribution in [-0.2, 0) is 13.0 Å². The number of nitrogens with zero attached hydrogens (tertiary/aromatic N) is 3. The van der Waals surface area contributed by atoms with Crippen LogP contribution < -0.4 is 0 Å². The Bertz CT molecular complexity index is 760. The Morgan fingerprint density at radius 2 is 2.00 bits per heavy atom. The van der Waals surface area contributed by atoms with E-state index >= 15 is 0 Å². The number of aryl methyl sites for hydroxylation is 3. The van der Waals surface area contributed by atoms with Gasteiger partial charge in [-0.05, 0) is 37.1 Å². The molecule has 21 heavy (non-hydrogen) atoms. The van der Waals surface area contributed by atoms with Crippen molar-refractivity contribution in [2.75, 3.05) is 5.88 Å². The van der Waals surface area contributed by atoms with Gasteiger partial charge in [-0.15, -0.1) is 11.6 Å². The lowest BCUT2D eigenvalue weighted by Crippen LogP contribution is -2.07. The number of hydrogen-bond acceptors (Lipinski definition) is 2. The van der Waals surface area contributed by atoms with Crippen molar-refractivity contribution in [3.8, 4) is 0 Å². The molecule has 3 aromatic rings. The topological polar surface area (TPSA) is 30.7 Å². The predicted molar refractivity (Wildman–Crippen MR) is 87.0 cm³/mol. The molecule has 0 radical (unpaired) electrons. The van der Waals surface area contributed by atoms with Crippen LogP contribution in [0.25, 0.3) is 11.0 Å². The van der Waals surface area contributed by atoms with E-state index in [0.717, 1.165) is 30.0 Å². The highest BCUT2D eigenvalue weighted by Gasteiger charge is 2.12.